The first-order valence-corrected chi connectivity index (χ1v) is 12.6. The molecule has 0 saturated carbocycles. The van der Waals surface area contributed by atoms with Crippen LogP contribution in [0.25, 0.3) is 0 Å². The molecule has 1 aliphatic heterocycles. The fourth-order valence-corrected chi connectivity index (χ4v) is 4.94. The van der Waals surface area contributed by atoms with Crippen LogP contribution in [0.2, 0.25) is 0 Å². The molecule has 34 heavy (non-hydrogen) atoms. The lowest BCUT2D eigenvalue weighted by atomic mass is 9.75. The summed E-state index contributed by atoms with van der Waals surface area (Å²) >= 11 is 1.08. The highest BCUT2D eigenvalue weighted by molar-refractivity contribution is 7.10. The lowest BCUT2D eigenvalue weighted by molar-refractivity contribution is -0.202. The first kappa shape index (κ1) is 28.3. The Kier molecular flexibility index (Phi) is 9.74. The zero-order valence-corrected chi connectivity index (χ0v) is 22.3. The van der Waals surface area contributed by atoms with Gasteiger partial charge in [0.2, 0.25) is 0 Å². The van der Waals surface area contributed by atoms with Crippen LogP contribution in [-0.4, -0.2) is 48.4 Å². The van der Waals surface area contributed by atoms with Gasteiger partial charge in [0.1, 0.15) is 0 Å². The van der Waals surface area contributed by atoms with E-state index >= 15 is 4.39 Å². The van der Waals surface area contributed by atoms with Crippen molar-refractivity contribution in [3.63, 3.8) is 0 Å². The van der Waals surface area contributed by atoms with E-state index in [0.29, 0.717) is 38.4 Å². The Morgan fingerprint density at radius 2 is 1.97 bits per heavy atom. The number of likely N-dealkylation sites (tertiary alicyclic amines) is 1. The van der Waals surface area contributed by atoms with E-state index in [-0.39, 0.29) is 17.1 Å². The lowest BCUT2D eigenvalue weighted by Gasteiger charge is -2.42. The first-order chi connectivity index (χ1) is 15.9. The number of nitrogens with zero attached hydrogens (tertiary/aromatic N) is 2. The third-order valence-corrected chi connectivity index (χ3v) is 7.97. The number of halogens is 2. The number of carbonyl (C=O) groups is 1. The van der Waals surface area contributed by atoms with Gasteiger partial charge in [-0.25, -0.2) is 0 Å². The van der Waals surface area contributed by atoms with E-state index in [1.165, 1.54) is 13.0 Å². The van der Waals surface area contributed by atoms with Crippen molar-refractivity contribution in [3.8, 4) is 0 Å². The van der Waals surface area contributed by atoms with Crippen molar-refractivity contribution in [1.29, 1.82) is 0 Å². The smallest absolute Gasteiger partial charge is 0.295 e. The Bertz CT molecular complexity index is 915. The second kappa shape index (κ2) is 11.7. The number of pyridine rings is 1. The number of carbonyl (C=O) groups excluding carboxylic acids is 1. The summed E-state index contributed by atoms with van der Waals surface area (Å²) in [7, 11) is 1.95. The summed E-state index contributed by atoms with van der Waals surface area (Å²) in [5.41, 5.74) is 0.772. The Labute approximate surface area is 206 Å². The van der Waals surface area contributed by atoms with Gasteiger partial charge in [-0.3, -0.25) is 14.7 Å². The second-order valence-electron chi connectivity index (χ2n) is 9.98. The highest BCUT2D eigenvalue weighted by Gasteiger charge is 2.56. The van der Waals surface area contributed by atoms with Crippen LogP contribution in [0.4, 0.5) is 8.78 Å². The Morgan fingerprint density at radius 3 is 2.47 bits per heavy atom. The van der Waals surface area contributed by atoms with E-state index in [1.807, 2.05) is 32.3 Å². The number of ether oxygens (including phenoxy) is 1. The van der Waals surface area contributed by atoms with Gasteiger partial charge in [-0.05, 0) is 77.4 Å². The quantitative estimate of drug-likeness (QED) is 0.458. The van der Waals surface area contributed by atoms with Crippen molar-refractivity contribution in [2.24, 2.45) is 5.41 Å². The van der Waals surface area contributed by atoms with Gasteiger partial charge in [0.05, 0.1) is 5.41 Å². The molecule has 8 heteroatoms. The summed E-state index contributed by atoms with van der Waals surface area (Å²) in [4.78, 5) is 18.5. The van der Waals surface area contributed by atoms with E-state index in [0.717, 1.165) is 27.5 Å². The molecule has 0 aliphatic carbocycles. The Morgan fingerprint density at radius 1 is 1.29 bits per heavy atom. The third kappa shape index (κ3) is 6.83. The minimum absolute atomic E-state index is 0.185. The largest absolute Gasteiger partial charge is 0.430 e. The van der Waals surface area contributed by atoms with Crippen molar-refractivity contribution < 1.29 is 18.3 Å². The van der Waals surface area contributed by atoms with Gasteiger partial charge in [-0.1, -0.05) is 19.9 Å². The molecular formula is C26H39F2N3O2S. The number of thiophene rings is 1. The maximum Gasteiger partial charge on any atom is 0.295 e. The van der Waals surface area contributed by atoms with Crippen molar-refractivity contribution in [2.45, 2.75) is 78.2 Å². The summed E-state index contributed by atoms with van der Waals surface area (Å²) in [6, 6.07) is 7.82. The van der Waals surface area contributed by atoms with Crippen LogP contribution in [0.3, 0.4) is 0 Å². The van der Waals surface area contributed by atoms with Gasteiger partial charge in [0, 0.05) is 41.8 Å². The van der Waals surface area contributed by atoms with Crippen LogP contribution >= 0.6 is 11.3 Å². The van der Waals surface area contributed by atoms with Crippen LogP contribution in [0.5, 0.6) is 0 Å². The molecule has 2 atom stereocenters. The van der Waals surface area contributed by atoms with E-state index in [9.17, 15) is 9.18 Å². The van der Waals surface area contributed by atoms with E-state index in [2.05, 4.69) is 42.9 Å². The van der Waals surface area contributed by atoms with Gasteiger partial charge in [-0.2, -0.15) is 8.78 Å². The number of aryl methyl sites for hydroxylation is 2. The summed E-state index contributed by atoms with van der Waals surface area (Å²) < 4.78 is 33.9. The van der Waals surface area contributed by atoms with Crippen molar-refractivity contribution in [1.82, 2.24) is 15.2 Å². The van der Waals surface area contributed by atoms with E-state index in [1.54, 1.807) is 6.07 Å². The molecule has 1 saturated heterocycles. The predicted octanol–water partition coefficient (Wildman–Crippen LogP) is 5.62. The fraction of sp³-hybridized carbons (Fsp3) is 0.615. The van der Waals surface area contributed by atoms with E-state index in [4.69, 9.17) is 4.74 Å². The van der Waals surface area contributed by atoms with E-state index < -0.39 is 11.3 Å². The molecule has 2 aromatic rings. The molecule has 1 fully saturated rings. The van der Waals surface area contributed by atoms with Crippen molar-refractivity contribution in [3.05, 3.63) is 51.7 Å². The molecule has 0 amide bonds. The SMILES string of the molecule is CNC(C)C.Cc1ccc(C(C)(C)N2CCC(CCc3ccc(F)s3)(C(C)(F)OC=O)C2)cn1. The summed E-state index contributed by atoms with van der Waals surface area (Å²) in [5, 5.41) is 2.78. The fourth-order valence-electron chi connectivity index (χ4n) is 4.22. The molecule has 0 radical (unpaired) electrons. The van der Waals surface area contributed by atoms with Gasteiger partial charge in [-0.15, -0.1) is 11.3 Å². The molecule has 5 nitrogen and oxygen atoms in total. The average molecular weight is 496 g/mol. The number of nitrogens with one attached hydrogen (secondary N) is 1. The minimum Gasteiger partial charge on any atom is -0.430 e. The molecule has 3 rings (SSSR count). The highest BCUT2D eigenvalue weighted by atomic mass is 32.1. The predicted molar refractivity (Wildman–Crippen MR) is 134 cm³/mol. The number of hydrogen-bond acceptors (Lipinski definition) is 6. The molecule has 1 aliphatic rings. The van der Waals surface area contributed by atoms with Crippen molar-refractivity contribution in [2.75, 3.05) is 20.1 Å². The lowest BCUT2D eigenvalue weighted by Crippen LogP contribution is -2.49. The van der Waals surface area contributed by atoms with Crippen LogP contribution in [0, 0.1) is 17.5 Å². The normalized spacial score (nSPS) is 20.5. The highest BCUT2D eigenvalue weighted by Crippen LogP contribution is 2.50. The molecule has 3 heterocycles. The molecule has 190 valence electrons. The first-order valence-electron chi connectivity index (χ1n) is 11.8. The topological polar surface area (TPSA) is 54.5 Å². The molecule has 0 bridgehead atoms. The summed E-state index contributed by atoms with van der Waals surface area (Å²) in [5.74, 6) is -2.11. The molecule has 0 aromatic carbocycles. The van der Waals surface area contributed by atoms with Crippen LogP contribution in [0.15, 0.2) is 30.5 Å². The number of alkyl halides is 1. The van der Waals surface area contributed by atoms with Crippen molar-refractivity contribution >= 4 is 17.8 Å². The molecule has 2 unspecified atom stereocenters. The standard InChI is InChI=1S/C22H28F2N2O2S.C4H11N/c1-16-5-6-17(13-25-16)20(2,3)26-12-11-22(14-26,21(4,24)28-15-27)10-9-18-7-8-19(23)29-18;1-4(2)5-3/h5-8,13,15H,9-12,14H2,1-4H3;4-5H,1-3H3. The Hall–Kier alpha value is -1.90. The maximum absolute atomic E-state index is 15.6. The Balaban J connectivity index is 0.000000739. The average Bonchev–Trinajstić information content (AvgIpc) is 3.41. The van der Waals surface area contributed by atoms with Gasteiger partial charge in [0.15, 0.2) is 5.13 Å². The summed E-state index contributed by atoms with van der Waals surface area (Å²) in [6.07, 6.45) is 3.41. The molecule has 0 spiro atoms. The monoisotopic (exact) mass is 495 g/mol. The summed E-state index contributed by atoms with van der Waals surface area (Å²) in [6.45, 7) is 13.0. The molecule has 1 N–H and O–H groups in total. The number of hydrogen-bond donors (Lipinski definition) is 1. The van der Waals surface area contributed by atoms with Crippen LogP contribution in [-0.2, 0) is 21.5 Å². The van der Waals surface area contributed by atoms with Gasteiger partial charge in [0.25, 0.3) is 12.3 Å². The van der Waals surface area contributed by atoms with Crippen LogP contribution < -0.4 is 5.32 Å². The zero-order valence-electron chi connectivity index (χ0n) is 21.5. The van der Waals surface area contributed by atoms with Crippen LogP contribution in [0.1, 0.15) is 63.6 Å². The maximum atomic E-state index is 15.6. The second-order valence-corrected chi connectivity index (χ2v) is 11.1. The third-order valence-electron chi connectivity index (χ3n) is 7.04. The number of aromatic nitrogens is 1. The molecule has 2 aromatic heterocycles. The van der Waals surface area contributed by atoms with Gasteiger partial charge >= 0.3 is 0 Å². The zero-order chi connectivity index (χ0) is 25.6. The number of rotatable bonds is 9. The van der Waals surface area contributed by atoms with Gasteiger partial charge < -0.3 is 10.1 Å². The minimum atomic E-state index is -2.11. The molecular weight excluding hydrogens is 456 g/mol.